The molecule has 0 aliphatic rings. The van der Waals surface area contributed by atoms with Gasteiger partial charge in [-0.05, 0) is 19.9 Å². The van der Waals surface area contributed by atoms with Gasteiger partial charge in [-0.25, -0.2) is 13.4 Å². The number of nitrogens with one attached hydrogen (secondary N) is 3. The maximum atomic E-state index is 12.1. The third-order valence-corrected chi connectivity index (χ3v) is 4.00. The molecule has 0 aromatic heterocycles. The van der Waals surface area contributed by atoms with Gasteiger partial charge in [-0.15, -0.1) is 5.73 Å². The van der Waals surface area contributed by atoms with Crippen molar-refractivity contribution in [2.45, 2.75) is 13.8 Å². The average molecular weight is 366 g/mol. The van der Waals surface area contributed by atoms with E-state index in [1.807, 2.05) is 0 Å². The molecule has 0 fully saturated rings. The van der Waals surface area contributed by atoms with Crippen molar-refractivity contribution in [3.05, 3.63) is 54.2 Å². The highest BCUT2D eigenvalue weighted by molar-refractivity contribution is 7.89. The van der Waals surface area contributed by atoms with E-state index < -0.39 is 10.0 Å². The topological polar surface area (TPSA) is 121 Å². The Kier molecular flexibility index (Phi) is 9.69. The lowest BCUT2D eigenvalue weighted by molar-refractivity contribution is 0.590. The summed E-state index contributed by atoms with van der Waals surface area (Å²) in [6.45, 7) is 10.4. The molecule has 0 amide bonds. The molecule has 8 nitrogen and oxygen atoms in total. The standard InChI is InChI=1S/C16H26N6O2S/c1-7-8-15(17)10-9-12(2)11-25(23,24)22-14(4)21-16(19-6)20-13(3)18-5/h8-10,22H,1,4,11,17H2,2-3,5-6H3,(H2,18,19,20,21)/b12-9+,15-10+. The van der Waals surface area contributed by atoms with Gasteiger partial charge in [0, 0.05) is 25.9 Å². The first-order valence-electron chi connectivity index (χ1n) is 7.31. The van der Waals surface area contributed by atoms with Crippen molar-refractivity contribution in [1.82, 2.24) is 15.4 Å². The minimum absolute atomic E-state index is 0.0468. The maximum Gasteiger partial charge on any atom is 0.237 e. The summed E-state index contributed by atoms with van der Waals surface area (Å²) in [5.74, 6) is 0.560. The molecule has 0 saturated carbocycles. The Morgan fingerprint density at radius 2 is 1.84 bits per heavy atom. The van der Waals surface area contributed by atoms with Crippen LogP contribution in [-0.2, 0) is 10.0 Å². The van der Waals surface area contributed by atoms with Crippen molar-refractivity contribution in [1.29, 1.82) is 0 Å². The number of aliphatic imine (C=N–C) groups is 2. The first-order chi connectivity index (χ1) is 11.6. The molecule has 0 rings (SSSR count). The lowest BCUT2D eigenvalue weighted by Crippen LogP contribution is -2.27. The Hall–Kier alpha value is -2.77. The van der Waals surface area contributed by atoms with Crippen LogP contribution in [0.25, 0.3) is 0 Å². The second-order valence-electron chi connectivity index (χ2n) is 4.97. The van der Waals surface area contributed by atoms with Gasteiger partial charge >= 0.3 is 0 Å². The first kappa shape index (κ1) is 22.2. The molecule has 0 unspecified atom stereocenters. The van der Waals surface area contributed by atoms with Crippen LogP contribution >= 0.6 is 0 Å². The van der Waals surface area contributed by atoms with Gasteiger partial charge in [0.25, 0.3) is 0 Å². The molecule has 0 radical (unpaired) electrons. The van der Waals surface area contributed by atoms with Crippen LogP contribution in [0.2, 0.25) is 0 Å². The van der Waals surface area contributed by atoms with Gasteiger partial charge in [0.05, 0.1) is 5.75 Å². The number of hydrogen-bond acceptors (Lipinski definition) is 4. The number of rotatable bonds is 7. The quantitative estimate of drug-likeness (QED) is 0.229. The summed E-state index contributed by atoms with van der Waals surface area (Å²) in [5, 5.41) is 5.58. The Morgan fingerprint density at radius 1 is 1.20 bits per heavy atom. The number of hydrogen-bond donors (Lipinski definition) is 4. The van der Waals surface area contributed by atoms with Gasteiger partial charge in [0.1, 0.15) is 11.7 Å². The van der Waals surface area contributed by atoms with Crippen molar-refractivity contribution >= 4 is 21.8 Å². The summed E-state index contributed by atoms with van der Waals surface area (Å²) in [6, 6.07) is 0. The van der Waals surface area contributed by atoms with E-state index >= 15 is 0 Å². The molecular weight excluding hydrogens is 340 g/mol. The molecule has 0 atom stereocenters. The molecule has 138 valence electrons. The monoisotopic (exact) mass is 366 g/mol. The fourth-order valence-electron chi connectivity index (χ4n) is 1.47. The van der Waals surface area contributed by atoms with Crippen molar-refractivity contribution in [3.63, 3.8) is 0 Å². The predicted octanol–water partition coefficient (Wildman–Crippen LogP) is 0.720. The number of allylic oxidation sites excluding steroid dienone is 3. The summed E-state index contributed by atoms with van der Waals surface area (Å²) < 4.78 is 26.6. The Bertz CT molecular complexity index is 753. The van der Waals surface area contributed by atoms with E-state index in [-0.39, 0.29) is 17.5 Å². The smallest absolute Gasteiger partial charge is 0.237 e. The first-order valence-corrected chi connectivity index (χ1v) is 8.96. The molecule has 0 bridgehead atoms. The molecule has 9 heteroatoms. The molecule has 5 N–H and O–H groups in total. The Morgan fingerprint density at radius 3 is 2.36 bits per heavy atom. The highest BCUT2D eigenvalue weighted by atomic mass is 32.2. The molecule has 25 heavy (non-hydrogen) atoms. The van der Waals surface area contributed by atoms with Gasteiger partial charge in [0.15, 0.2) is 0 Å². The summed E-state index contributed by atoms with van der Waals surface area (Å²) in [7, 11) is -0.321. The maximum absolute atomic E-state index is 12.1. The molecule has 0 aromatic carbocycles. The Labute approximate surface area is 149 Å². The van der Waals surface area contributed by atoms with Crippen molar-refractivity contribution < 1.29 is 8.42 Å². The largest absolute Gasteiger partial charge is 0.398 e. The van der Waals surface area contributed by atoms with E-state index in [0.29, 0.717) is 17.1 Å². The molecule has 0 saturated heterocycles. The van der Waals surface area contributed by atoms with E-state index in [2.05, 4.69) is 44.2 Å². The van der Waals surface area contributed by atoms with Crippen molar-refractivity contribution in [2.75, 3.05) is 19.8 Å². The SMILES string of the molecule is C=C=C/C(N)=C\C=C(/C)CS(=O)(=O)NC(=C)/N=C(\N=C(/C)NC)NC. The van der Waals surface area contributed by atoms with Gasteiger partial charge < -0.3 is 16.4 Å². The van der Waals surface area contributed by atoms with Crippen LogP contribution in [0.15, 0.2) is 64.2 Å². The fraction of sp³-hybridized carbons (Fsp3) is 0.312. The molecule has 0 aromatic rings. The van der Waals surface area contributed by atoms with Crippen LogP contribution in [0.3, 0.4) is 0 Å². The third kappa shape index (κ3) is 10.6. The van der Waals surface area contributed by atoms with E-state index in [0.717, 1.165) is 0 Å². The number of guanidine groups is 1. The number of amidine groups is 1. The van der Waals surface area contributed by atoms with Crippen LogP contribution in [0.5, 0.6) is 0 Å². The lowest BCUT2D eigenvalue weighted by Gasteiger charge is -2.09. The molecule has 0 heterocycles. The van der Waals surface area contributed by atoms with Crippen molar-refractivity contribution in [3.8, 4) is 0 Å². The lowest BCUT2D eigenvalue weighted by atomic mass is 10.3. The average Bonchev–Trinajstić information content (AvgIpc) is 2.51. The van der Waals surface area contributed by atoms with E-state index in [4.69, 9.17) is 5.73 Å². The molecule has 0 spiro atoms. The van der Waals surface area contributed by atoms with Crippen LogP contribution in [-0.4, -0.2) is 40.1 Å². The highest BCUT2D eigenvalue weighted by Gasteiger charge is 2.12. The van der Waals surface area contributed by atoms with E-state index in [1.54, 1.807) is 40.1 Å². The normalized spacial score (nSPS) is 13.8. The van der Waals surface area contributed by atoms with E-state index in [9.17, 15) is 8.42 Å². The predicted molar refractivity (Wildman–Crippen MR) is 104 cm³/mol. The van der Waals surface area contributed by atoms with Crippen molar-refractivity contribution in [2.24, 2.45) is 15.7 Å². The fourth-order valence-corrected chi connectivity index (χ4v) is 2.64. The van der Waals surface area contributed by atoms with Crippen LogP contribution in [0.4, 0.5) is 0 Å². The zero-order valence-electron chi connectivity index (χ0n) is 15.0. The summed E-state index contributed by atoms with van der Waals surface area (Å²) in [4.78, 5) is 8.11. The second-order valence-corrected chi connectivity index (χ2v) is 6.69. The van der Waals surface area contributed by atoms with Gasteiger partial charge in [0.2, 0.25) is 16.0 Å². The number of nitrogens with two attached hydrogens (primary N) is 1. The zero-order chi connectivity index (χ0) is 19.5. The van der Waals surface area contributed by atoms with Gasteiger partial charge in [-0.3, -0.25) is 4.72 Å². The molecular formula is C16H26N6O2S. The number of sulfonamides is 1. The summed E-state index contributed by atoms with van der Waals surface area (Å²) >= 11 is 0. The molecule has 0 aliphatic carbocycles. The van der Waals surface area contributed by atoms with Gasteiger partial charge in [-0.1, -0.05) is 24.8 Å². The Balaban J connectivity index is 5.07. The van der Waals surface area contributed by atoms with E-state index in [1.165, 1.54) is 6.08 Å². The van der Waals surface area contributed by atoms with Crippen LogP contribution in [0, 0.1) is 0 Å². The van der Waals surface area contributed by atoms with Crippen LogP contribution in [0.1, 0.15) is 13.8 Å². The van der Waals surface area contributed by atoms with Gasteiger partial charge in [-0.2, -0.15) is 4.99 Å². The molecule has 0 aliphatic heterocycles. The van der Waals surface area contributed by atoms with Crippen LogP contribution < -0.4 is 21.1 Å². The third-order valence-electron chi connectivity index (χ3n) is 2.62. The zero-order valence-corrected chi connectivity index (χ0v) is 15.9. The summed E-state index contributed by atoms with van der Waals surface area (Å²) in [5.41, 5.74) is 9.17. The minimum atomic E-state index is -3.65. The second kappa shape index (κ2) is 10.9. The summed E-state index contributed by atoms with van der Waals surface area (Å²) in [6.07, 6.45) is 4.67. The minimum Gasteiger partial charge on any atom is -0.398 e. The highest BCUT2D eigenvalue weighted by Crippen LogP contribution is 2.02. The number of nitrogens with zero attached hydrogens (tertiary/aromatic N) is 2.